The van der Waals surface area contributed by atoms with E-state index < -0.39 is 5.91 Å². The number of nitrogens with zero attached hydrogens (tertiary/aromatic N) is 3. The predicted molar refractivity (Wildman–Crippen MR) is 137 cm³/mol. The normalized spacial score (nSPS) is 11.0. The number of hydrogen-bond donors (Lipinski definition) is 4. The van der Waals surface area contributed by atoms with Crippen molar-refractivity contribution in [1.29, 1.82) is 0 Å². The molecule has 0 saturated carbocycles. The molecule has 0 spiro atoms. The van der Waals surface area contributed by atoms with Gasteiger partial charge < -0.3 is 30.7 Å². The zero-order valence-corrected chi connectivity index (χ0v) is 22.0. The second-order valence-corrected chi connectivity index (χ2v) is 9.79. The summed E-state index contributed by atoms with van der Waals surface area (Å²) in [4.78, 5) is 55.8. The highest BCUT2D eigenvalue weighted by molar-refractivity contribution is 7.16. The fraction of sp³-hybridized carbons (Fsp3) is 0.522. The third-order valence-electron chi connectivity index (χ3n) is 4.91. The van der Waals surface area contributed by atoms with Gasteiger partial charge >= 0.3 is 0 Å². The van der Waals surface area contributed by atoms with Gasteiger partial charge in [-0.1, -0.05) is 13.8 Å². The topological polar surface area (TPSA) is 137 Å². The molecule has 0 fully saturated rings. The molecule has 0 bridgehead atoms. The quantitative estimate of drug-likeness (QED) is 0.326. The van der Waals surface area contributed by atoms with E-state index in [0.29, 0.717) is 23.1 Å². The zero-order valence-electron chi connectivity index (χ0n) is 21.2. The number of nitrogens with one attached hydrogen (secondary N) is 4. The molecule has 2 rings (SSSR count). The van der Waals surface area contributed by atoms with Crippen molar-refractivity contribution in [3.63, 3.8) is 0 Å². The highest BCUT2D eigenvalue weighted by Gasteiger charge is 2.22. The molecule has 0 unspecified atom stereocenters. The Bertz CT molecular complexity index is 1060. The fourth-order valence-electron chi connectivity index (χ4n) is 3.23. The summed E-state index contributed by atoms with van der Waals surface area (Å²) in [5.41, 5.74) is 1.01. The highest BCUT2D eigenvalue weighted by atomic mass is 32.1. The molecule has 0 atom stereocenters. The largest absolute Gasteiger partial charge is 0.356 e. The fourth-order valence-corrected chi connectivity index (χ4v) is 4.24. The highest BCUT2D eigenvalue weighted by Crippen LogP contribution is 2.30. The third kappa shape index (κ3) is 8.80. The summed E-state index contributed by atoms with van der Waals surface area (Å²) >= 11 is 1.26. The SMILES string of the molecule is CC(=O)Nc1nc(C(=O)Nc2cc(C(=O)NCCC(=O)NCCCN(C)C)n(C)c2)c(C(C)C)s1. The van der Waals surface area contributed by atoms with Crippen LogP contribution >= 0.6 is 11.3 Å². The Labute approximate surface area is 209 Å². The molecular formula is C23H35N7O4S. The molecule has 35 heavy (non-hydrogen) atoms. The molecule has 0 aliphatic heterocycles. The molecule has 0 saturated heterocycles. The van der Waals surface area contributed by atoms with Crippen LogP contribution in [0.25, 0.3) is 0 Å². The van der Waals surface area contributed by atoms with Crippen LogP contribution in [0, 0.1) is 0 Å². The number of hydrogen-bond acceptors (Lipinski definition) is 7. The predicted octanol–water partition coefficient (Wildman–Crippen LogP) is 2.00. The van der Waals surface area contributed by atoms with Gasteiger partial charge in [0.05, 0.1) is 5.69 Å². The average Bonchev–Trinajstić information content (AvgIpc) is 3.34. The maximum absolute atomic E-state index is 12.9. The maximum Gasteiger partial charge on any atom is 0.275 e. The van der Waals surface area contributed by atoms with Crippen molar-refractivity contribution in [3.8, 4) is 0 Å². The van der Waals surface area contributed by atoms with Gasteiger partial charge in [-0.2, -0.15) is 0 Å². The van der Waals surface area contributed by atoms with Crippen LogP contribution in [0.1, 0.15) is 65.4 Å². The van der Waals surface area contributed by atoms with Crippen LogP contribution in [0.4, 0.5) is 10.8 Å². The van der Waals surface area contributed by atoms with Gasteiger partial charge in [0.1, 0.15) is 11.4 Å². The smallest absolute Gasteiger partial charge is 0.275 e. The monoisotopic (exact) mass is 505 g/mol. The molecule has 0 aliphatic carbocycles. The van der Waals surface area contributed by atoms with E-state index in [4.69, 9.17) is 0 Å². The van der Waals surface area contributed by atoms with E-state index in [1.807, 2.05) is 32.8 Å². The lowest BCUT2D eigenvalue weighted by Gasteiger charge is -2.10. The van der Waals surface area contributed by atoms with E-state index in [1.54, 1.807) is 23.9 Å². The number of amides is 4. The number of aromatic nitrogens is 2. The third-order valence-corrected chi connectivity index (χ3v) is 6.18. The Balaban J connectivity index is 1.93. The van der Waals surface area contributed by atoms with Gasteiger partial charge in [0.25, 0.3) is 11.8 Å². The molecule has 192 valence electrons. The summed E-state index contributed by atoms with van der Waals surface area (Å²) in [6.45, 7) is 6.95. The van der Waals surface area contributed by atoms with Gasteiger partial charge in [0.2, 0.25) is 11.8 Å². The molecule has 0 aromatic carbocycles. The molecule has 0 radical (unpaired) electrons. The van der Waals surface area contributed by atoms with E-state index in [1.165, 1.54) is 18.3 Å². The summed E-state index contributed by atoms with van der Waals surface area (Å²) in [6, 6.07) is 1.56. The number of anilines is 2. The van der Waals surface area contributed by atoms with E-state index in [9.17, 15) is 19.2 Å². The molecule has 0 aliphatic rings. The minimum absolute atomic E-state index is 0.0399. The first-order valence-corrected chi connectivity index (χ1v) is 12.2. The summed E-state index contributed by atoms with van der Waals surface area (Å²) in [6.07, 6.45) is 2.66. The van der Waals surface area contributed by atoms with Crippen molar-refractivity contribution >= 4 is 45.8 Å². The van der Waals surface area contributed by atoms with Crippen molar-refractivity contribution in [2.45, 2.75) is 39.5 Å². The van der Waals surface area contributed by atoms with Crippen LogP contribution in [0.3, 0.4) is 0 Å². The Kier molecular flexibility index (Phi) is 10.4. The van der Waals surface area contributed by atoms with E-state index in [-0.39, 0.29) is 42.3 Å². The Morgan fingerprint density at radius 3 is 2.43 bits per heavy atom. The van der Waals surface area contributed by atoms with Gasteiger partial charge in [-0.3, -0.25) is 19.2 Å². The Hall–Kier alpha value is -3.25. The minimum Gasteiger partial charge on any atom is -0.356 e. The van der Waals surface area contributed by atoms with Gasteiger partial charge in [-0.05, 0) is 39.0 Å². The first kappa shape index (κ1) is 28.0. The molecule has 2 aromatic heterocycles. The van der Waals surface area contributed by atoms with Crippen molar-refractivity contribution in [1.82, 2.24) is 25.1 Å². The van der Waals surface area contributed by atoms with Crippen LogP contribution < -0.4 is 21.3 Å². The van der Waals surface area contributed by atoms with Crippen LogP contribution in [-0.2, 0) is 16.6 Å². The standard InChI is InChI=1S/C23H35N7O4S/c1-14(2)20-19(28-23(35-20)26-15(3)31)22(34)27-16-12-17(30(6)13-16)21(33)25-10-8-18(32)24-9-7-11-29(4)5/h12-14H,7-11H2,1-6H3,(H,24,32)(H,25,33)(H,27,34)(H,26,28,31). The van der Waals surface area contributed by atoms with E-state index in [2.05, 4.69) is 26.3 Å². The van der Waals surface area contributed by atoms with Crippen LogP contribution in [0.15, 0.2) is 12.3 Å². The van der Waals surface area contributed by atoms with Crippen molar-refractivity contribution in [2.24, 2.45) is 7.05 Å². The van der Waals surface area contributed by atoms with Gasteiger partial charge in [0, 0.05) is 44.6 Å². The first-order chi connectivity index (χ1) is 16.5. The van der Waals surface area contributed by atoms with Crippen molar-refractivity contribution in [2.75, 3.05) is 44.4 Å². The maximum atomic E-state index is 12.9. The van der Waals surface area contributed by atoms with Crippen molar-refractivity contribution < 1.29 is 19.2 Å². The molecule has 12 heteroatoms. The van der Waals surface area contributed by atoms with E-state index >= 15 is 0 Å². The number of carbonyl (C=O) groups excluding carboxylic acids is 4. The summed E-state index contributed by atoms with van der Waals surface area (Å²) < 4.78 is 1.60. The van der Waals surface area contributed by atoms with Gasteiger partial charge in [0.15, 0.2) is 5.13 Å². The molecular weight excluding hydrogens is 470 g/mol. The lowest BCUT2D eigenvalue weighted by molar-refractivity contribution is -0.121. The lowest BCUT2D eigenvalue weighted by atomic mass is 10.1. The average molecular weight is 506 g/mol. The zero-order chi connectivity index (χ0) is 26.1. The molecule has 2 aromatic rings. The Morgan fingerprint density at radius 1 is 1.09 bits per heavy atom. The first-order valence-electron chi connectivity index (χ1n) is 11.4. The van der Waals surface area contributed by atoms with Crippen LogP contribution in [-0.4, -0.2) is 71.8 Å². The molecule has 4 N–H and O–H groups in total. The van der Waals surface area contributed by atoms with Gasteiger partial charge in [-0.25, -0.2) is 4.98 Å². The summed E-state index contributed by atoms with van der Waals surface area (Å²) in [5, 5.41) is 11.3. The Morgan fingerprint density at radius 2 is 1.80 bits per heavy atom. The van der Waals surface area contributed by atoms with Crippen LogP contribution in [0.5, 0.6) is 0 Å². The molecule has 11 nitrogen and oxygen atoms in total. The van der Waals surface area contributed by atoms with Crippen LogP contribution in [0.2, 0.25) is 0 Å². The second kappa shape index (κ2) is 13.0. The summed E-state index contributed by atoms with van der Waals surface area (Å²) in [5.74, 6) is -1.12. The molecule has 2 heterocycles. The lowest BCUT2D eigenvalue weighted by Crippen LogP contribution is -2.32. The second-order valence-electron chi connectivity index (χ2n) is 8.76. The summed E-state index contributed by atoms with van der Waals surface area (Å²) in [7, 11) is 5.65. The molecule has 4 amide bonds. The van der Waals surface area contributed by atoms with Gasteiger partial charge in [-0.15, -0.1) is 11.3 Å². The number of aryl methyl sites for hydroxylation is 1. The minimum atomic E-state index is -0.426. The van der Waals surface area contributed by atoms with Crippen molar-refractivity contribution in [3.05, 3.63) is 28.5 Å². The number of rotatable bonds is 12. The number of carbonyl (C=O) groups is 4. The van der Waals surface area contributed by atoms with E-state index in [0.717, 1.165) is 17.8 Å². The number of thiazole rings is 1.